The Labute approximate surface area is 177 Å². The number of ether oxygens (including phenoxy) is 1. The third-order valence-corrected chi connectivity index (χ3v) is 5.30. The van der Waals surface area contributed by atoms with Crippen molar-refractivity contribution in [1.82, 2.24) is 14.9 Å². The molecule has 0 atom stereocenters. The van der Waals surface area contributed by atoms with Gasteiger partial charge in [-0.2, -0.15) is 9.78 Å². The van der Waals surface area contributed by atoms with Gasteiger partial charge in [-0.05, 0) is 55.3 Å². The molecule has 0 fully saturated rings. The molecule has 28 heavy (non-hydrogen) atoms. The highest BCUT2D eigenvalue weighted by Crippen LogP contribution is 2.29. The highest BCUT2D eigenvalue weighted by atomic mass is 35.5. The van der Waals surface area contributed by atoms with Gasteiger partial charge in [-0.15, -0.1) is 10.2 Å². The van der Waals surface area contributed by atoms with Crippen LogP contribution < -0.4 is 4.74 Å². The van der Waals surface area contributed by atoms with Crippen molar-refractivity contribution in [3.63, 3.8) is 0 Å². The van der Waals surface area contributed by atoms with E-state index in [1.165, 1.54) is 11.8 Å². The second kappa shape index (κ2) is 9.32. The smallest absolute Gasteiger partial charge is 0.212 e. The molecule has 2 aromatic carbocycles. The van der Waals surface area contributed by atoms with Gasteiger partial charge in [-0.3, -0.25) is 0 Å². The number of aromatic nitrogens is 3. The zero-order valence-electron chi connectivity index (χ0n) is 15.3. The Morgan fingerprint density at radius 1 is 1.21 bits per heavy atom. The number of aromatic hydroxyl groups is 1. The van der Waals surface area contributed by atoms with Gasteiger partial charge in [0.25, 0.3) is 0 Å². The highest BCUT2D eigenvalue weighted by molar-refractivity contribution is 7.98. The molecule has 0 saturated heterocycles. The number of nitrogens with zero attached hydrogens (tertiary/aromatic N) is 4. The van der Waals surface area contributed by atoms with Gasteiger partial charge in [-0.1, -0.05) is 41.0 Å². The van der Waals surface area contributed by atoms with Crippen LogP contribution in [0, 0.1) is 6.92 Å². The van der Waals surface area contributed by atoms with Crippen molar-refractivity contribution in [1.29, 1.82) is 0 Å². The number of thioether (sulfide) groups is 1. The Morgan fingerprint density at radius 2 is 2.04 bits per heavy atom. The van der Waals surface area contributed by atoms with Crippen molar-refractivity contribution in [2.75, 3.05) is 6.61 Å². The third kappa shape index (κ3) is 4.98. The van der Waals surface area contributed by atoms with Crippen LogP contribution in [-0.4, -0.2) is 32.8 Å². The number of aryl methyl sites for hydroxylation is 1. The lowest BCUT2D eigenvalue weighted by atomic mass is 10.2. The molecule has 3 aromatic rings. The van der Waals surface area contributed by atoms with E-state index in [2.05, 4.69) is 15.3 Å². The molecule has 1 aromatic heterocycles. The Hall–Kier alpha value is -2.22. The number of halogens is 2. The Kier molecular flexibility index (Phi) is 6.83. The van der Waals surface area contributed by atoms with Crippen molar-refractivity contribution in [3.05, 3.63) is 63.4 Å². The number of phenols is 1. The lowest BCUT2D eigenvalue weighted by Crippen LogP contribution is -1.97. The first-order valence-electron chi connectivity index (χ1n) is 8.47. The zero-order valence-corrected chi connectivity index (χ0v) is 17.6. The highest BCUT2D eigenvalue weighted by Gasteiger charge is 2.11. The Bertz CT molecular complexity index is 1010. The molecule has 0 radical (unpaired) electrons. The fourth-order valence-electron chi connectivity index (χ4n) is 2.35. The van der Waals surface area contributed by atoms with Gasteiger partial charge >= 0.3 is 0 Å². The maximum Gasteiger partial charge on any atom is 0.212 e. The molecule has 1 heterocycles. The van der Waals surface area contributed by atoms with Crippen LogP contribution in [0.25, 0.3) is 0 Å². The van der Waals surface area contributed by atoms with Crippen LogP contribution >= 0.6 is 35.0 Å². The minimum atomic E-state index is 0.0931. The number of hydrogen-bond donors (Lipinski definition) is 1. The predicted octanol–water partition coefficient (Wildman–Crippen LogP) is 5.17. The summed E-state index contributed by atoms with van der Waals surface area (Å²) in [5.74, 6) is 1.77. The summed E-state index contributed by atoms with van der Waals surface area (Å²) in [6, 6.07) is 10.5. The molecule has 0 aliphatic rings. The fraction of sp³-hybridized carbons (Fsp3) is 0.211. The van der Waals surface area contributed by atoms with Crippen LogP contribution in [0.2, 0.25) is 10.0 Å². The van der Waals surface area contributed by atoms with Crippen LogP contribution in [-0.2, 0) is 5.75 Å². The normalized spacial score (nSPS) is 11.3. The summed E-state index contributed by atoms with van der Waals surface area (Å²) in [4.78, 5) is 0. The zero-order chi connectivity index (χ0) is 20.1. The molecule has 0 unspecified atom stereocenters. The molecule has 0 amide bonds. The van der Waals surface area contributed by atoms with Gasteiger partial charge in [0.05, 0.1) is 12.8 Å². The van der Waals surface area contributed by atoms with Crippen LogP contribution in [0.1, 0.15) is 23.9 Å². The number of phenolic OH excluding ortho intramolecular Hbond substituents is 1. The summed E-state index contributed by atoms with van der Waals surface area (Å²) in [6.07, 6.45) is 1.66. The summed E-state index contributed by atoms with van der Waals surface area (Å²) < 4.78 is 7.05. The lowest BCUT2D eigenvalue weighted by Gasteiger charge is -2.07. The first-order chi connectivity index (χ1) is 13.5. The molecule has 0 aliphatic carbocycles. The van der Waals surface area contributed by atoms with E-state index in [0.717, 1.165) is 11.1 Å². The number of rotatable bonds is 7. The fourth-order valence-corrected chi connectivity index (χ4v) is 3.84. The summed E-state index contributed by atoms with van der Waals surface area (Å²) in [5, 5.41) is 24.4. The van der Waals surface area contributed by atoms with Crippen molar-refractivity contribution in [2.45, 2.75) is 24.8 Å². The topological polar surface area (TPSA) is 72.5 Å². The van der Waals surface area contributed by atoms with Crippen molar-refractivity contribution in [2.24, 2.45) is 5.10 Å². The van der Waals surface area contributed by atoms with E-state index in [4.69, 9.17) is 27.9 Å². The molecule has 1 N–H and O–H groups in total. The Morgan fingerprint density at radius 3 is 2.79 bits per heavy atom. The maximum absolute atomic E-state index is 9.81. The first-order valence-corrected chi connectivity index (χ1v) is 10.2. The summed E-state index contributed by atoms with van der Waals surface area (Å²) in [6.45, 7) is 4.15. The average Bonchev–Trinajstić information content (AvgIpc) is 3.01. The quantitative estimate of drug-likeness (QED) is 0.408. The second-order valence-electron chi connectivity index (χ2n) is 5.77. The van der Waals surface area contributed by atoms with Crippen LogP contribution in [0.3, 0.4) is 0 Å². The van der Waals surface area contributed by atoms with Crippen molar-refractivity contribution < 1.29 is 9.84 Å². The van der Waals surface area contributed by atoms with E-state index >= 15 is 0 Å². The predicted molar refractivity (Wildman–Crippen MR) is 113 cm³/mol. The average molecular weight is 437 g/mol. The first kappa shape index (κ1) is 20.5. The SMILES string of the molecule is CCOc1cc(/C=N/n2c(C)nnc2SCc2ccc(Cl)cc2Cl)ccc1O. The molecule has 0 aliphatic heterocycles. The number of hydrogen-bond acceptors (Lipinski definition) is 6. The largest absolute Gasteiger partial charge is 0.504 e. The van der Waals surface area contributed by atoms with Crippen LogP contribution in [0.4, 0.5) is 0 Å². The molecule has 6 nitrogen and oxygen atoms in total. The van der Waals surface area contributed by atoms with Crippen molar-refractivity contribution >= 4 is 41.2 Å². The van der Waals surface area contributed by atoms with Gasteiger partial charge in [0, 0.05) is 15.8 Å². The van der Waals surface area contributed by atoms with Gasteiger partial charge < -0.3 is 9.84 Å². The van der Waals surface area contributed by atoms with E-state index in [-0.39, 0.29) is 5.75 Å². The van der Waals surface area contributed by atoms with Crippen molar-refractivity contribution in [3.8, 4) is 11.5 Å². The van der Waals surface area contributed by atoms with Gasteiger partial charge in [0.15, 0.2) is 17.3 Å². The van der Waals surface area contributed by atoms with Crippen LogP contribution in [0.15, 0.2) is 46.7 Å². The molecule has 146 valence electrons. The molecule has 0 bridgehead atoms. The maximum atomic E-state index is 9.81. The monoisotopic (exact) mass is 436 g/mol. The molecule has 9 heteroatoms. The minimum absolute atomic E-state index is 0.0931. The molecule has 3 rings (SSSR count). The van der Waals surface area contributed by atoms with Crippen LogP contribution in [0.5, 0.6) is 11.5 Å². The van der Waals surface area contributed by atoms with Gasteiger partial charge in [-0.25, -0.2) is 0 Å². The van der Waals surface area contributed by atoms with E-state index in [1.807, 2.05) is 19.9 Å². The molecule has 0 spiro atoms. The summed E-state index contributed by atoms with van der Waals surface area (Å²) >= 11 is 13.6. The molecule has 0 saturated carbocycles. The van der Waals surface area contributed by atoms with E-state index in [9.17, 15) is 5.11 Å². The van der Waals surface area contributed by atoms with E-state index < -0.39 is 0 Å². The standard InChI is InChI=1S/C19H18Cl2N4O2S/c1-3-27-18-8-13(4-7-17(18)26)10-22-25-12(2)23-24-19(25)28-11-14-5-6-15(20)9-16(14)21/h4-10,26H,3,11H2,1-2H3/b22-10+. The van der Waals surface area contributed by atoms with E-state index in [0.29, 0.717) is 39.1 Å². The summed E-state index contributed by atoms with van der Waals surface area (Å²) in [5.41, 5.74) is 1.73. The lowest BCUT2D eigenvalue weighted by molar-refractivity contribution is 0.318. The van der Waals surface area contributed by atoms with Gasteiger partial charge in [0.1, 0.15) is 0 Å². The van der Waals surface area contributed by atoms with Gasteiger partial charge in [0.2, 0.25) is 5.16 Å². The second-order valence-corrected chi connectivity index (χ2v) is 7.56. The Balaban J connectivity index is 1.77. The van der Waals surface area contributed by atoms with E-state index in [1.54, 1.807) is 41.2 Å². The molecular formula is C19H18Cl2N4O2S. The summed E-state index contributed by atoms with van der Waals surface area (Å²) in [7, 11) is 0. The third-order valence-electron chi connectivity index (χ3n) is 3.75. The number of benzene rings is 2. The molecular weight excluding hydrogens is 419 g/mol. The minimum Gasteiger partial charge on any atom is -0.504 e.